The van der Waals surface area contributed by atoms with Gasteiger partial charge in [-0.2, -0.15) is 5.10 Å². The van der Waals surface area contributed by atoms with Gasteiger partial charge in [-0.3, -0.25) is 9.89 Å². The fraction of sp³-hybridized carbons (Fsp3) is 0.333. The number of H-pyrrole nitrogens is 1. The van der Waals surface area contributed by atoms with Gasteiger partial charge in [-0.25, -0.2) is 0 Å². The molecule has 0 bridgehead atoms. The quantitative estimate of drug-likeness (QED) is 0.941. The van der Waals surface area contributed by atoms with Gasteiger partial charge in [-0.1, -0.05) is 23.7 Å². The first-order chi connectivity index (χ1) is 9.62. The third kappa shape index (κ3) is 2.31. The van der Waals surface area contributed by atoms with Crippen molar-refractivity contribution in [3.63, 3.8) is 0 Å². The zero-order valence-corrected chi connectivity index (χ0v) is 12.0. The normalized spacial score (nSPS) is 15.9. The summed E-state index contributed by atoms with van der Waals surface area (Å²) >= 11 is 5.91. The fourth-order valence-corrected chi connectivity index (χ4v) is 2.72. The fourth-order valence-electron chi connectivity index (χ4n) is 2.60. The van der Waals surface area contributed by atoms with Crippen LogP contribution in [-0.2, 0) is 16.8 Å². The van der Waals surface area contributed by atoms with E-state index in [1.807, 2.05) is 37.5 Å². The van der Waals surface area contributed by atoms with Gasteiger partial charge in [0.1, 0.15) is 0 Å². The molecule has 1 heterocycles. The van der Waals surface area contributed by atoms with Gasteiger partial charge in [0.15, 0.2) is 0 Å². The number of halogens is 1. The molecule has 1 saturated carbocycles. The standard InChI is InChI=1S/C15H16ClN3O/c1-19(10-11-8-17-18-9-11)14(20)15(6-7-15)12-2-4-13(16)5-3-12/h2-5,8-9H,6-7,10H2,1H3,(H,17,18). The van der Waals surface area contributed by atoms with Crippen LogP contribution >= 0.6 is 11.6 Å². The molecule has 0 unspecified atom stereocenters. The molecule has 3 rings (SSSR count). The van der Waals surface area contributed by atoms with Crippen LogP contribution in [0.5, 0.6) is 0 Å². The summed E-state index contributed by atoms with van der Waals surface area (Å²) in [4.78, 5) is 14.5. The SMILES string of the molecule is CN(Cc1cn[nH]c1)C(=O)C1(c2ccc(Cl)cc2)CC1. The van der Waals surface area contributed by atoms with E-state index in [0.29, 0.717) is 11.6 Å². The molecule has 0 radical (unpaired) electrons. The molecule has 0 atom stereocenters. The van der Waals surface area contributed by atoms with E-state index in [0.717, 1.165) is 24.0 Å². The number of aromatic nitrogens is 2. The summed E-state index contributed by atoms with van der Waals surface area (Å²) < 4.78 is 0. The summed E-state index contributed by atoms with van der Waals surface area (Å²) in [5, 5.41) is 7.36. The summed E-state index contributed by atoms with van der Waals surface area (Å²) in [5.41, 5.74) is 1.72. The van der Waals surface area contributed by atoms with Crippen LogP contribution in [0.15, 0.2) is 36.7 Å². The lowest BCUT2D eigenvalue weighted by atomic mass is 9.94. The summed E-state index contributed by atoms with van der Waals surface area (Å²) in [6.45, 7) is 0.574. The zero-order chi connectivity index (χ0) is 14.2. The first-order valence-corrected chi connectivity index (χ1v) is 6.99. The predicted molar refractivity (Wildman–Crippen MR) is 77.4 cm³/mol. The van der Waals surface area contributed by atoms with E-state index in [4.69, 9.17) is 11.6 Å². The highest BCUT2D eigenvalue weighted by Gasteiger charge is 2.52. The number of nitrogens with zero attached hydrogens (tertiary/aromatic N) is 2. The Labute approximate surface area is 122 Å². The van der Waals surface area contributed by atoms with Gasteiger partial charge in [0, 0.05) is 30.4 Å². The molecule has 2 aromatic rings. The summed E-state index contributed by atoms with van der Waals surface area (Å²) in [6, 6.07) is 7.61. The number of rotatable bonds is 4. The van der Waals surface area contributed by atoms with E-state index in [-0.39, 0.29) is 11.3 Å². The topological polar surface area (TPSA) is 49.0 Å². The molecule has 1 aromatic carbocycles. The Hall–Kier alpha value is -1.81. The summed E-state index contributed by atoms with van der Waals surface area (Å²) in [6.07, 6.45) is 5.36. The van der Waals surface area contributed by atoms with Crippen molar-refractivity contribution in [1.82, 2.24) is 15.1 Å². The molecule has 0 saturated heterocycles. The largest absolute Gasteiger partial charge is 0.341 e. The maximum atomic E-state index is 12.7. The van der Waals surface area contributed by atoms with E-state index in [1.54, 1.807) is 11.1 Å². The molecule has 4 nitrogen and oxygen atoms in total. The molecule has 0 aliphatic heterocycles. The Kier molecular flexibility index (Phi) is 3.26. The third-order valence-electron chi connectivity index (χ3n) is 3.88. The average Bonchev–Trinajstić information content (AvgIpc) is 3.10. The summed E-state index contributed by atoms with van der Waals surface area (Å²) in [5.74, 6) is 0.168. The number of nitrogens with one attached hydrogen (secondary N) is 1. The first-order valence-electron chi connectivity index (χ1n) is 6.61. The number of carbonyl (C=O) groups excluding carboxylic acids is 1. The molecular weight excluding hydrogens is 274 g/mol. The van der Waals surface area contributed by atoms with Crippen LogP contribution < -0.4 is 0 Å². The van der Waals surface area contributed by atoms with Crippen molar-refractivity contribution in [3.8, 4) is 0 Å². The predicted octanol–water partition coefficient (Wildman–Crippen LogP) is 2.75. The van der Waals surface area contributed by atoms with Gasteiger partial charge < -0.3 is 4.90 Å². The molecule has 1 aliphatic carbocycles. The number of hydrogen-bond acceptors (Lipinski definition) is 2. The number of aromatic amines is 1. The molecule has 1 aliphatic rings. The monoisotopic (exact) mass is 289 g/mol. The van der Waals surface area contributed by atoms with Gasteiger partial charge in [0.25, 0.3) is 0 Å². The van der Waals surface area contributed by atoms with Gasteiger partial charge >= 0.3 is 0 Å². The number of hydrogen-bond donors (Lipinski definition) is 1. The molecule has 0 spiro atoms. The van der Waals surface area contributed by atoms with Gasteiger partial charge in [-0.15, -0.1) is 0 Å². The number of likely N-dealkylation sites (N-methyl/N-ethyl adjacent to an activating group) is 1. The Morgan fingerprint density at radius 2 is 2.10 bits per heavy atom. The molecule has 1 fully saturated rings. The highest BCUT2D eigenvalue weighted by atomic mass is 35.5. The van der Waals surface area contributed by atoms with Crippen molar-refractivity contribution in [2.75, 3.05) is 7.05 Å². The van der Waals surface area contributed by atoms with Crippen LogP contribution in [0.2, 0.25) is 5.02 Å². The minimum atomic E-state index is -0.344. The third-order valence-corrected chi connectivity index (χ3v) is 4.13. The lowest BCUT2D eigenvalue weighted by Crippen LogP contribution is -2.36. The van der Waals surface area contributed by atoms with Crippen LogP contribution in [0.25, 0.3) is 0 Å². The molecule has 104 valence electrons. The highest BCUT2D eigenvalue weighted by Crippen LogP contribution is 2.49. The molecule has 5 heteroatoms. The highest BCUT2D eigenvalue weighted by molar-refractivity contribution is 6.30. The Bertz CT molecular complexity index is 603. The number of carbonyl (C=O) groups is 1. The van der Waals surface area contributed by atoms with Crippen molar-refractivity contribution in [1.29, 1.82) is 0 Å². The molecule has 1 aromatic heterocycles. The van der Waals surface area contributed by atoms with Crippen LogP contribution in [-0.4, -0.2) is 28.1 Å². The Morgan fingerprint density at radius 1 is 1.40 bits per heavy atom. The average molecular weight is 290 g/mol. The minimum absolute atomic E-state index is 0.168. The van der Waals surface area contributed by atoms with Gasteiger partial charge in [0.05, 0.1) is 11.6 Å². The molecule has 1 amide bonds. The molecule has 1 N–H and O–H groups in total. The van der Waals surface area contributed by atoms with Crippen LogP contribution in [0.4, 0.5) is 0 Å². The second-order valence-corrected chi connectivity index (χ2v) is 5.79. The van der Waals surface area contributed by atoms with Crippen LogP contribution in [0.3, 0.4) is 0 Å². The number of amides is 1. The van der Waals surface area contributed by atoms with Crippen molar-refractivity contribution in [3.05, 3.63) is 52.8 Å². The Morgan fingerprint density at radius 3 is 2.65 bits per heavy atom. The maximum absolute atomic E-state index is 12.7. The van der Waals surface area contributed by atoms with Crippen molar-refractivity contribution >= 4 is 17.5 Å². The second kappa shape index (κ2) is 4.94. The van der Waals surface area contributed by atoms with Crippen molar-refractivity contribution in [2.45, 2.75) is 24.8 Å². The van der Waals surface area contributed by atoms with Crippen molar-refractivity contribution < 1.29 is 4.79 Å². The minimum Gasteiger partial charge on any atom is -0.341 e. The molecular formula is C15H16ClN3O. The Balaban J connectivity index is 1.77. The summed E-state index contributed by atoms with van der Waals surface area (Å²) in [7, 11) is 1.84. The van der Waals surface area contributed by atoms with Gasteiger partial charge in [0.2, 0.25) is 5.91 Å². The first kappa shape index (κ1) is 13.2. The van der Waals surface area contributed by atoms with Crippen molar-refractivity contribution in [2.24, 2.45) is 0 Å². The maximum Gasteiger partial charge on any atom is 0.233 e. The number of benzene rings is 1. The van der Waals surface area contributed by atoms with E-state index >= 15 is 0 Å². The van der Waals surface area contributed by atoms with E-state index in [9.17, 15) is 4.79 Å². The van der Waals surface area contributed by atoms with E-state index in [1.165, 1.54) is 0 Å². The molecule has 20 heavy (non-hydrogen) atoms. The second-order valence-electron chi connectivity index (χ2n) is 5.36. The smallest absolute Gasteiger partial charge is 0.233 e. The zero-order valence-electron chi connectivity index (χ0n) is 11.3. The van der Waals surface area contributed by atoms with Gasteiger partial charge in [-0.05, 0) is 30.5 Å². The van der Waals surface area contributed by atoms with Crippen LogP contribution in [0.1, 0.15) is 24.0 Å². The van der Waals surface area contributed by atoms with Crippen LogP contribution in [0, 0.1) is 0 Å². The van der Waals surface area contributed by atoms with E-state index in [2.05, 4.69) is 10.2 Å². The lowest BCUT2D eigenvalue weighted by molar-refractivity contribution is -0.133. The lowest BCUT2D eigenvalue weighted by Gasteiger charge is -2.23. The van der Waals surface area contributed by atoms with E-state index < -0.39 is 0 Å².